The fourth-order valence-corrected chi connectivity index (χ4v) is 2.41. The van der Waals surface area contributed by atoms with Crippen molar-refractivity contribution in [2.24, 2.45) is 0 Å². The van der Waals surface area contributed by atoms with Crippen LogP contribution in [0, 0.1) is 11.6 Å². The molecule has 120 valence electrons. The molecule has 1 aliphatic heterocycles. The molecule has 0 aliphatic carbocycles. The van der Waals surface area contributed by atoms with Gasteiger partial charge in [-0.2, -0.15) is 0 Å². The Morgan fingerprint density at radius 2 is 1.48 bits per heavy atom. The van der Waals surface area contributed by atoms with Gasteiger partial charge in [-0.25, -0.2) is 8.78 Å². The molecular formula is C17H18BF2NO2. The van der Waals surface area contributed by atoms with Gasteiger partial charge in [-0.15, -0.1) is 0 Å². The first kappa shape index (κ1) is 16.1. The average Bonchev–Trinajstić information content (AvgIpc) is 2.67. The summed E-state index contributed by atoms with van der Waals surface area (Å²) >= 11 is 0. The van der Waals surface area contributed by atoms with E-state index in [0.29, 0.717) is 16.9 Å². The monoisotopic (exact) mass is 317 g/mol. The Hall–Kier alpha value is -1.79. The number of nitrogens with zero attached hydrogens (tertiary/aromatic N) is 1. The first-order chi connectivity index (χ1) is 10.7. The Bertz CT molecular complexity index is 713. The largest absolute Gasteiger partial charge is 0.514 e. The molecule has 0 bridgehead atoms. The van der Waals surface area contributed by atoms with Crippen molar-refractivity contribution in [2.45, 2.75) is 38.9 Å². The molecule has 1 aliphatic rings. The van der Waals surface area contributed by atoms with E-state index >= 15 is 0 Å². The molecule has 3 nitrogen and oxygen atoms in total. The minimum absolute atomic E-state index is 0.376. The normalized spacial score (nSPS) is 19.1. The fourth-order valence-electron chi connectivity index (χ4n) is 2.41. The second-order valence-electron chi connectivity index (χ2n) is 6.69. The van der Waals surface area contributed by atoms with Gasteiger partial charge < -0.3 is 9.31 Å². The highest BCUT2D eigenvalue weighted by Gasteiger charge is 2.52. The number of aromatic nitrogens is 1. The molecule has 1 saturated heterocycles. The van der Waals surface area contributed by atoms with Crippen molar-refractivity contribution < 1.29 is 18.1 Å². The van der Waals surface area contributed by atoms with Crippen LogP contribution in [0.15, 0.2) is 36.4 Å². The third-order valence-electron chi connectivity index (χ3n) is 4.42. The minimum atomic E-state index is -0.636. The zero-order chi connectivity index (χ0) is 16.8. The molecule has 6 heteroatoms. The number of rotatable bonds is 2. The third kappa shape index (κ3) is 3.01. The zero-order valence-electron chi connectivity index (χ0n) is 13.6. The smallest absolute Gasteiger partial charge is 0.398 e. The SMILES string of the molecule is CC1(C)OB(c2cccc(-c3cc(F)cc(F)c3)n2)OC1(C)C. The van der Waals surface area contributed by atoms with Crippen LogP contribution in [-0.2, 0) is 9.31 Å². The maximum absolute atomic E-state index is 13.4. The van der Waals surface area contributed by atoms with Crippen molar-refractivity contribution in [3.8, 4) is 11.3 Å². The number of hydrogen-bond acceptors (Lipinski definition) is 3. The van der Waals surface area contributed by atoms with E-state index in [2.05, 4.69) is 4.98 Å². The van der Waals surface area contributed by atoms with Crippen LogP contribution in [-0.4, -0.2) is 23.3 Å². The molecule has 3 rings (SSSR count). The maximum Gasteiger partial charge on any atom is 0.514 e. The average molecular weight is 317 g/mol. The number of pyridine rings is 1. The zero-order valence-corrected chi connectivity index (χ0v) is 13.6. The number of hydrogen-bond donors (Lipinski definition) is 0. The minimum Gasteiger partial charge on any atom is -0.398 e. The molecule has 1 aromatic carbocycles. The molecular weight excluding hydrogens is 299 g/mol. The van der Waals surface area contributed by atoms with Crippen LogP contribution in [0.4, 0.5) is 8.78 Å². The summed E-state index contributed by atoms with van der Waals surface area (Å²) in [5, 5.41) is 0. The van der Waals surface area contributed by atoms with E-state index in [1.807, 2.05) is 27.7 Å². The molecule has 1 aromatic heterocycles. The highest BCUT2D eigenvalue weighted by atomic mass is 19.1. The van der Waals surface area contributed by atoms with E-state index in [9.17, 15) is 8.78 Å². The van der Waals surface area contributed by atoms with E-state index in [1.54, 1.807) is 18.2 Å². The van der Waals surface area contributed by atoms with E-state index in [1.165, 1.54) is 12.1 Å². The molecule has 0 spiro atoms. The summed E-state index contributed by atoms with van der Waals surface area (Å²) in [6, 6.07) is 8.58. The van der Waals surface area contributed by atoms with Crippen molar-refractivity contribution >= 4 is 12.7 Å². The Kier molecular flexibility index (Phi) is 3.77. The highest BCUT2D eigenvalue weighted by Crippen LogP contribution is 2.36. The first-order valence-corrected chi connectivity index (χ1v) is 7.47. The Morgan fingerprint density at radius 1 is 0.913 bits per heavy atom. The first-order valence-electron chi connectivity index (χ1n) is 7.47. The second-order valence-corrected chi connectivity index (χ2v) is 6.69. The van der Waals surface area contributed by atoms with Crippen LogP contribution in [0.3, 0.4) is 0 Å². The molecule has 0 amide bonds. The molecule has 0 atom stereocenters. The van der Waals surface area contributed by atoms with Crippen molar-refractivity contribution in [1.29, 1.82) is 0 Å². The van der Waals surface area contributed by atoms with Gasteiger partial charge in [0.15, 0.2) is 0 Å². The Balaban J connectivity index is 1.95. The van der Waals surface area contributed by atoms with E-state index in [4.69, 9.17) is 9.31 Å². The number of benzene rings is 1. The Labute approximate surface area is 134 Å². The lowest BCUT2D eigenvalue weighted by Gasteiger charge is -2.32. The van der Waals surface area contributed by atoms with E-state index in [-0.39, 0.29) is 0 Å². The number of halogens is 2. The quantitative estimate of drug-likeness (QED) is 0.796. The van der Waals surface area contributed by atoms with Crippen molar-refractivity contribution in [2.75, 3.05) is 0 Å². The van der Waals surface area contributed by atoms with Gasteiger partial charge in [0.25, 0.3) is 0 Å². The van der Waals surface area contributed by atoms with Gasteiger partial charge in [0.2, 0.25) is 0 Å². The molecule has 0 radical (unpaired) electrons. The highest BCUT2D eigenvalue weighted by molar-refractivity contribution is 6.61. The second kappa shape index (κ2) is 5.39. The topological polar surface area (TPSA) is 31.4 Å². The predicted octanol–water partition coefficient (Wildman–Crippen LogP) is 3.33. The summed E-state index contributed by atoms with van der Waals surface area (Å²) in [6.07, 6.45) is 0. The lowest BCUT2D eigenvalue weighted by atomic mass is 9.84. The standard InChI is InChI=1S/C17H18BF2NO2/c1-16(2)17(3,4)23-18(22-16)15-7-5-6-14(21-15)11-8-12(19)10-13(20)9-11/h5-10H,1-4H3. The van der Waals surface area contributed by atoms with Crippen molar-refractivity contribution in [3.63, 3.8) is 0 Å². The van der Waals surface area contributed by atoms with Gasteiger partial charge in [-0.1, -0.05) is 6.07 Å². The summed E-state index contributed by atoms with van der Waals surface area (Å²) in [5.41, 5.74) is 0.475. The predicted molar refractivity (Wildman–Crippen MR) is 85.3 cm³/mol. The van der Waals surface area contributed by atoms with Gasteiger partial charge >= 0.3 is 7.12 Å². The summed E-state index contributed by atoms with van der Waals surface area (Å²) in [4.78, 5) is 4.46. The van der Waals surface area contributed by atoms with Crippen molar-refractivity contribution in [3.05, 3.63) is 48.0 Å². The molecule has 1 fully saturated rings. The summed E-state index contributed by atoms with van der Waals surface area (Å²) < 4.78 is 38.7. The summed E-state index contributed by atoms with van der Waals surface area (Å²) in [7, 11) is -0.613. The lowest BCUT2D eigenvalue weighted by Crippen LogP contribution is -2.41. The third-order valence-corrected chi connectivity index (χ3v) is 4.42. The molecule has 2 aromatic rings. The van der Waals surface area contributed by atoms with Crippen LogP contribution in [0.2, 0.25) is 0 Å². The van der Waals surface area contributed by atoms with Crippen molar-refractivity contribution in [1.82, 2.24) is 4.98 Å². The molecule has 0 saturated carbocycles. The van der Waals surface area contributed by atoms with Crippen LogP contribution >= 0.6 is 0 Å². The fraction of sp³-hybridized carbons (Fsp3) is 0.353. The van der Waals surface area contributed by atoms with Crippen LogP contribution < -0.4 is 5.59 Å². The summed E-state index contributed by atoms with van der Waals surface area (Å²) in [6.45, 7) is 7.83. The van der Waals surface area contributed by atoms with Gasteiger partial charge in [0.1, 0.15) is 11.6 Å². The van der Waals surface area contributed by atoms with E-state index < -0.39 is 30.0 Å². The van der Waals surface area contributed by atoms with Gasteiger partial charge in [0, 0.05) is 11.6 Å². The maximum atomic E-state index is 13.4. The van der Waals surface area contributed by atoms with Gasteiger partial charge in [0.05, 0.1) is 22.5 Å². The Morgan fingerprint density at radius 3 is 2.04 bits per heavy atom. The van der Waals surface area contributed by atoms with Gasteiger partial charge in [-0.05, 0) is 52.0 Å². The van der Waals surface area contributed by atoms with E-state index in [0.717, 1.165) is 6.07 Å². The van der Waals surface area contributed by atoms with Crippen LogP contribution in [0.5, 0.6) is 0 Å². The molecule has 23 heavy (non-hydrogen) atoms. The van der Waals surface area contributed by atoms with Crippen LogP contribution in [0.25, 0.3) is 11.3 Å². The van der Waals surface area contributed by atoms with Crippen LogP contribution in [0.1, 0.15) is 27.7 Å². The molecule has 0 unspecified atom stereocenters. The molecule has 2 heterocycles. The van der Waals surface area contributed by atoms with Gasteiger partial charge in [-0.3, -0.25) is 4.98 Å². The lowest BCUT2D eigenvalue weighted by molar-refractivity contribution is 0.00578. The summed E-state index contributed by atoms with van der Waals surface area (Å²) in [5.74, 6) is -1.27. The molecule has 0 N–H and O–H groups in total.